The highest BCUT2D eigenvalue weighted by Gasteiger charge is 2.20. The molecule has 2 atom stereocenters. The van der Waals surface area contributed by atoms with Gasteiger partial charge in [0.25, 0.3) is 0 Å². The van der Waals surface area contributed by atoms with Crippen molar-refractivity contribution in [1.29, 1.82) is 0 Å². The SMILES string of the molecule is C=C[C@@H]1C[C@H](CCC(=O)c2ccnc3ccccc23)CCN1. The van der Waals surface area contributed by atoms with Crippen LogP contribution in [0.15, 0.2) is 49.2 Å². The number of nitrogens with one attached hydrogen (secondary N) is 1. The minimum atomic E-state index is 0.229. The van der Waals surface area contributed by atoms with Crippen LogP contribution in [-0.4, -0.2) is 23.4 Å². The lowest BCUT2D eigenvalue weighted by Crippen LogP contribution is -2.36. The van der Waals surface area contributed by atoms with Crippen LogP contribution in [0.2, 0.25) is 0 Å². The summed E-state index contributed by atoms with van der Waals surface area (Å²) in [5.41, 5.74) is 1.70. The smallest absolute Gasteiger partial charge is 0.163 e. The number of hydrogen-bond acceptors (Lipinski definition) is 3. The number of Topliss-reactive ketones (excluding diaryl/α,β-unsaturated/α-hetero) is 1. The number of ketones is 1. The summed E-state index contributed by atoms with van der Waals surface area (Å²) in [4.78, 5) is 16.9. The van der Waals surface area contributed by atoms with Gasteiger partial charge in [-0.15, -0.1) is 6.58 Å². The Kier molecular flexibility index (Phi) is 4.64. The third kappa shape index (κ3) is 3.25. The van der Waals surface area contributed by atoms with E-state index >= 15 is 0 Å². The van der Waals surface area contributed by atoms with Crippen LogP contribution in [0.25, 0.3) is 10.9 Å². The van der Waals surface area contributed by atoms with E-state index in [1.165, 1.54) is 0 Å². The largest absolute Gasteiger partial charge is 0.311 e. The van der Waals surface area contributed by atoms with Gasteiger partial charge >= 0.3 is 0 Å². The minimum Gasteiger partial charge on any atom is -0.311 e. The van der Waals surface area contributed by atoms with Crippen molar-refractivity contribution in [2.24, 2.45) is 5.92 Å². The first-order chi connectivity index (χ1) is 10.8. The van der Waals surface area contributed by atoms with Crippen LogP contribution in [0.5, 0.6) is 0 Å². The number of carbonyl (C=O) groups excluding carboxylic acids is 1. The Bertz CT molecular complexity index is 675. The maximum Gasteiger partial charge on any atom is 0.163 e. The van der Waals surface area contributed by atoms with Crippen LogP contribution in [0.1, 0.15) is 36.0 Å². The van der Waals surface area contributed by atoms with Crippen molar-refractivity contribution in [3.63, 3.8) is 0 Å². The molecule has 0 unspecified atom stereocenters. The molecule has 1 N–H and O–H groups in total. The number of pyridine rings is 1. The summed E-state index contributed by atoms with van der Waals surface area (Å²) in [7, 11) is 0. The molecule has 3 heteroatoms. The number of carbonyl (C=O) groups is 1. The molecule has 1 saturated heterocycles. The summed E-state index contributed by atoms with van der Waals surface area (Å²) < 4.78 is 0. The number of benzene rings is 1. The molecule has 22 heavy (non-hydrogen) atoms. The molecule has 0 radical (unpaired) electrons. The predicted octanol–water partition coefficient (Wildman–Crippen LogP) is 3.75. The van der Waals surface area contributed by atoms with Gasteiger partial charge in [0.05, 0.1) is 5.52 Å². The first-order valence-electron chi connectivity index (χ1n) is 8.01. The summed E-state index contributed by atoms with van der Waals surface area (Å²) in [6.07, 6.45) is 7.52. The summed E-state index contributed by atoms with van der Waals surface area (Å²) in [5.74, 6) is 0.841. The van der Waals surface area contributed by atoms with Gasteiger partial charge in [-0.05, 0) is 43.9 Å². The zero-order valence-electron chi connectivity index (χ0n) is 12.8. The molecular weight excluding hydrogens is 272 g/mol. The summed E-state index contributed by atoms with van der Waals surface area (Å²) in [6.45, 7) is 4.88. The fourth-order valence-corrected chi connectivity index (χ4v) is 3.28. The maximum atomic E-state index is 12.6. The lowest BCUT2D eigenvalue weighted by molar-refractivity contribution is 0.0971. The Labute approximate surface area is 131 Å². The molecule has 1 fully saturated rings. The van der Waals surface area contributed by atoms with Crippen molar-refractivity contribution in [1.82, 2.24) is 10.3 Å². The van der Waals surface area contributed by atoms with Crippen molar-refractivity contribution in [3.05, 3.63) is 54.7 Å². The lowest BCUT2D eigenvalue weighted by atomic mass is 9.87. The normalized spacial score (nSPS) is 21.6. The highest BCUT2D eigenvalue weighted by atomic mass is 16.1. The molecule has 1 aromatic carbocycles. The van der Waals surface area contributed by atoms with Gasteiger partial charge in [0.1, 0.15) is 0 Å². The molecule has 0 amide bonds. The second-order valence-corrected chi connectivity index (χ2v) is 6.02. The van der Waals surface area contributed by atoms with E-state index in [0.717, 1.165) is 42.3 Å². The van der Waals surface area contributed by atoms with Gasteiger partial charge in [0.2, 0.25) is 0 Å². The Hall–Kier alpha value is -2.00. The molecule has 0 spiro atoms. The van der Waals surface area contributed by atoms with Gasteiger partial charge in [-0.1, -0.05) is 24.3 Å². The van der Waals surface area contributed by atoms with Crippen molar-refractivity contribution in [3.8, 4) is 0 Å². The minimum absolute atomic E-state index is 0.229. The summed E-state index contributed by atoms with van der Waals surface area (Å²) >= 11 is 0. The van der Waals surface area contributed by atoms with Crippen LogP contribution in [0.3, 0.4) is 0 Å². The molecule has 0 bridgehead atoms. The fraction of sp³-hybridized carbons (Fsp3) is 0.368. The zero-order chi connectivity index (χ0) is 15.4. The van der Waals surface area contributed by atoms with Gasteiger partial charge in [0, 0.05) is 29.6 Å². The molecule has 0 aliphatic carbocycles. The highest BCUT2D eigenvalue weighted by molar-refractivity contribution is 6.07. The fourth-order valence-electron chi connectivity index (χ4n) is 3.28. The Morgan fingerprint density at radius 3 is 3.09 bits per heavy atom. The van der Waals surface area contributed by atoms with E-state index in [1.807, 2.05) is 36.4 Å². The average molecular weight is 294 g/mol. The Balaban J connectivity index is 1.67. The van der Waals surface area contributed by atoms with E-state index in [1.54, 1.807) is 6.20 Å². The van der Waals surface area contributed by atoms with Gasteiger partial charge in [-0.2, -0.15) is 0 Å². The monoisotopic (exact) mass is 294 g/mol. The van der Waals surface area contributed by atoms with Gasteiger partial charge in [0.15, 0.2) is 5.78 Å². The number of hydrogen-bond donors (Lipinski definition) is 1. The van der Waals surface area contributed by atoms with Crippen molar-refractivity contribution >= 4 is 16.7 Å². The standard InChI is InChI=1S/C19H22N2O/c1-2-15-13-14(9-11-20-15)7-8-19(22)17-10-12-21-18-6-4-3-5-16(17)18/h2-6,10,12,14-15,20H,1,7-9,11,13H2/t14-,15-/m1/s1. The van der Waals surface area contributed by atoms with Crippen LogP contribution in [0.4, 0.5) is 0 Å². The van der Waals surface area contributed by atoms with Crippen LogP contribution in [0, 0.1) is 5.92 Å². The van der Waals surface area contributed by atoms with E-state index in [0.29, 0.717) is 18.4 Å². The number of rotatable bonds is 5. The molecule has 2 aromatic rings. The Morgan fingerprint density at radius 2 is 2.23 bits per heavy atom. The van der Waals surface area contributed by atoms with Gasteiger partial charge in [-0.25, -0.2) is 0 Å². The maximum absolute atomic E-state index is 12.6. The van der Waals surface area contributed by atoms with Crippen molar-refractivity contribution in [2.75, 3.05) is 6.54 Å². The second kappa shape index (κ2) is 6.84. The molecular formula is C19H22N2O. The highest BCUT2D eigenvalue weighted by Crippen LogP contribution is 2.24. The third-order valence-corrected chi connectivity index (χ3v) is 4.56. The summed E-state index contributed by atoms with van der Waals surface area (Å²) in [6, 6.07) is 10.1. The van der Waals surface area contributed by atoms with Crippen molar-refractivity contribution in [2.45, 2.75) is 31.7 Å². The van der Waals surface area contributed by atoms with Gasteiger partial charge < -0.3 is 5.32 Å². The van der Waals surface area contributed by atoms with Crippen LogP contribution in [-0.2, 0) is 0 Å². The molecule has 2 heterocycles. The number of nitrogens with zero attached hydrogens (tertiary/aromatic N) is 1. The molecule has 3 nitrogen and oxygen atoms in total. The summed E-state index contributed by atoms with van der Waals surface area (Å²) in [5, 5.41) is 4.39. The molecule has 3 rings (SSSR count). The molecule has 1 aliphatic heterocycles. The van der Waals surface area contributed by atoms with Gasteiger partial charge in [-0.3, -0.25) is 9.78 Å². The number of fused-ring (bicyclic) bond motifs is 1. The lowest BCUT2D eigenvalue weighted by Gasteiger charge is -2.28. The molecule has 114 valence electrons. The van der Waals surface area contributed by atoms with E-state index in [4.69, 9.17) is 0 Å². The Morgan fingerprint density at radius 1 is 1.36 bits per heavy atom. The van der Waals surface area contributed by atoms with Crippen LogP contribution < -0.4 is 5.32 Å². The predicted molar refractivity (Wildman–Crippen MR) is 90.0 cm³/mol. The molecule has 1 aromatic heterocycles. The first-order valence-corrected chi connectivity index (χ1v) is 8.01. The van der Waals surface area contributed by atoms with E-state index < -0.39 is 0 Å². The third-order valence-electron chi connectivity index (χ3n) is 4.56. The van der Waals surface area contributed by atoms with E-state index in [-0.39, 0.29) is 5.78 Å². The second-order valence-electron chi connectivity index (χ2n) is 6.02. The van der Waals surface area contributed by atoms with E-state index in [2.05, 4.69) is 16.9 Å². The van der Waals surface area contributed by atoms with Crippen LogP contribution >= 0.6 is 0 Å². The number of aromatic nitrogens is 1. The number of para-hydroxylation sites is 1. The van der Waals surface area contributed by atoms with E-state index in [9.17, 15) is 4.79 Å². The number of piperidine rings is 1. The average Bonchev–Trinajstić information content (AvgIpc) is 2.59. The quantitative estimate of drug-likeness (QED) is 0.674. The van der Waals surface area contributed by atoms with Crippen molar-refractivity contribution < 1.29 is 4.79 Å². The molecule has 1 aliphatic rings. The zero-order valence-corrected chi connectivity index (χ0v) is 12.8. The molecule has 0 saturated carbocycles. The topological polar surface area (TPSA) is 42.0 Å². The first kappa shape index (κ1) is 14.9.